The monoisotopic (exact) mass is 244 g/mol. The Morgan fingerprint density at radius 1 is 0.938 bits per heavy atom. The molecule has 2 nitrogen and oxygen atoms in total. The summed E-state index contributed by atoms with van der Waals surface area (Å²) in [5, 5.41) is 0. The predicted molar refractivity (Wildman–Crippen MR) is 72.9 cm³/mol. The average molecular weight is 244 g/mol. The Hall–Kier alpha value is -0.443. The predicted octanol–water partition coefficient (Wildman–Crippen LogP) is 4.69. The molecule has 0 aliphatic carbocycles. The Kier molecular flexibility index (Phi) is 6.16. The van der Waals surface area contributed by atoms with Crippen molar-refractivity contribution in [3.8, 4) is 0 Å². The molecule has 3 heteroatoms. The largest absolute Gasteiger partial charge is 0.518 e. The molecule has 0 aliphatic heterocycles. The van der Waals surface area contributed by atoms with Gasteiger partial charge in [0.2, 0.25) is 0 Å². The van der Waals surface area contributed by atoms with E-state index in [2.05, 4.69) is 41.5 Å². The molecule has 0 amide bonds. The maximum absolute atomic E-state index is 6.30. The zero-order valence-corrected chi connectivity index (χ0v) is 13.1. The van der Waals surface area contributed by atoms with E-state index in [9.17, 15) is 0 Å². The van der Waals surface area contributed by atoms with Crippen LogP contribution in [0.15, 0.2) is 12.0 Å². The molecule has 0 aliphatic rings. The molecular formula is C13H28O2Si. The summed E-state index contributed by atoms with van der Waals surface area (Å²) >= 11 is 0. The van der Waals surface area contributed by atoms with Crippen LogP contribution in [0.4, 0.5) is 0 Å². The minimum absolute atomic E-state index is 0.581. The van der Waals surface area contributed by atoms with Crippen LogP contribution in [0, 0.1) is 0 Å². The molecule has 0 N–H and O–H groups in total. The molecule has 96 valence electrons. The summed E-state index contributed by atoms with van der Waals surface area (Å²) in [6, 6.07) is 0. The first-order valence-corrected chi connectivity index (χ1v) is 8.36. The molecule has 0 heterocycles. The second kappa shape index (κ2) is 6.33. The van der Waals surface area contributed by atoms with E-state index in [0.717, 1.165) is 0 Å². The molecular weight excluding hydrogens is 216 g/mol. The SMILES string of the molecule is CC=C(OC)O[Si](C(C)C)(C(C)C)C(C)C. The summed E-state index contributed by atoms with van der Waals surface area (Å²) in [7, 11) is -0.150. The molecule has 0 aromatic rings. The second-order valence-corrected chi connectivity index (χ2v) is 10.6. The minimum atomic E-state index is -1.83. The smallest absolute Gasteiger partial charge is 0.262 e. The van der Waals surface area contributed by atoms with Crippen LogP contribution in [0.2, 0.25) is 16.6 Å². The third-order valence-electron chi connectivity index (χ3n) is 3.42. The highest BCUT2D eigenvalue weighted by Gasteiger charge is 2.47. The Labute approximate surface area is 102 Å². The summed E-state index contributed by atoms with van der Waals surface area (Å²) in [4.78, 5) is 0. The van der Waals surface area contributed by atoms with Crippen molar-refractivity contribution < 1.29 is 9.16 Å². The van der Waals surface area contributed by atoms with Gasteiger partial charge in [0.05, 0.1) is 7.11 Å². The minimum Gasteiger partial charge on any atom is -0.518 e. The lowest BCUT2D eigenvalue weighted by atomic mass is 10.5. The van der Waals surface area contributed by atoms with Crippen molar-refractivity contribution in [2.45, 2.75) is 65.1 Å². The second-order valence-electron chi connectivity index (χ2n) is 5.23. The summed E-state index contributed by atoms with van der Waals surface area (Å²) in [5.74, 6) is 0.683. The van der Waals surface area contributed by atoms with Gasteiger partial charge < -0.3 is 9.16 Å². The highest BCUT2D eigenvalue weighted by Crippen LogP contribution is 2.43. The Balaban J connectivity index is 5.20. The Morgan fingerprint density at radius 2 is 1.31 bits per heavy atom. The number of allylic oxidation sites excluding steroid dienone is 1. The summed E-state index contributed by atoms with van der Waals surface area (Å²) in [6.45, 7) is 15.6. The molecule has 0 aromatic heterocycles. The molecule has 0 radical (unpaired) electrons. The lowest BCUT2D eigenvalue weighted by Crippen LogP contribution is -2.47. The van der Waals surface area contributed by atoms with Gasteiger partial charge in [-0.1, -0.05) is 41.5 Å². The van der Waals surface area contributed by atoms with Crippen molar-refractivity contribution in [2.24, 2.45) is 0 Å². The Bertz CT molecular complexity index is 210. The van der Waals surface area contributed by atoms with Gasteiger partial charge >= 0.3 is 0 Å². The number of methoxy groups -OCH3 is 1. The van der Waals surface area contributed by atoms with Crippen molar-refractivity contribution in [2.75, 3.05) is 7.11 Å². The number of hydrogen-bond donors (Lipinski definition) is 0. The first-order valence-electron chi connectivity index (χ1n) is 6.22. The van der Waals surface area contributed by atoms with Gasteiger partial charge in [0.15, 0.2) is 0 Å². The molecule has 0 saturated carbocycles. The topological polar surface area (TPSA) is 18.5 Å². The lowest BCUT2D eigenvalue weighted by Gasteiger charge is -2.42. The van der Waals surface area contributed by atoms with Crippen molar-refractivity contribution >= 4 is 8.32 Å². The van der Waals surface area contributed by atoms with Gasteiger partial charge in [-0.15, -0.1) is 0 Å². The van der Waals surface area contributed by atoms with Crippen molar-refractivity contribution in [3.63, 3.8) is 0 Å². The van der Waals surface area contributed by atoms with E-state index >= 15 is 0 Å². The third-order valence-corrected chi connectivity index (χ3v) is 9.39. The van der Waals surface area contributed by atoms with Gasteiger partial charge in [-0.25, -0.2) is 0 Å². The molecule has 0 rings (SSSR count). The molecule has 0 bridgehead atoms. The molecule has 16 heavy (non-hydrogen) atoms. The fourth-order valence-corrected chi connectivity index (χ4v) is 8.00. The fraction of sp³-hybridized carbons (Fsp3) is 0.846. The molecule has 0 aromatic carbocycles. The van der Waals surface area contributed by atoms with Gasteiger partial charge in [0.1, 0.15) is 0 Å². The normalized spacial score (nSPS) is 13.8. The van der Waals surface area contributed by atoms with Crippen LogP contribution in [-0.2, 0) is 9.16 Å². The zero-order valence-electron chi connectivity index (χ0n) is 12.1. The third kappa shape index (κ3) is 3.03. The lowest BCUT2D eigenvalue weighted by molar-refractivity contribution is 0.136. The standard InChI is InChI=1S/C13H28O2Si/c1-9-13(14-8)15-16(10(2)3,11(4)5)12(6)7/h9-12H,1-8H3. The van der Waals surface area contributed by atoms with E-state index in [1.807, 2.05) is 13.0 Å². The number of rotatable bonds is 6. The quantitative estimate of drug-likeness (QED) is 0.498. The zero-order chi connectivity index (χ0) is 12.9. The van der Waals surface area contributed by atoms with Crippen LogP contribution in [0.5, 0.6) is 0 Å². The fourth-order valence-electron chi connectivity index (χ4n) is 2.75. The van der Waals surface area contributed by atoms with Crippen LogP contribution in [0.1, 0.15) is 48.5 Å². The first-order chi connectivity index (χ1) is 7.32. The van der Waals surface area contributed by atoms with Crippen LogP contribution in [-0.4, -0.2) is 15.4 Å². The van der Waals surface area contributed by atoms with E-state index < -0.39 is 8.32 Å². The van der Waals surface area contributed by atoms with Gasteiger partial charge in [0.25, 0.3) is 14.3 Å². The van der Waals surface area contributed by atoms with Crippen molar-refractivity contribution in [1.29, 1.82) is 0 Å². The van der Waals surface area contributed by atoms with E-state index in [0.29, 0.717) is 22.6 Å². The van der Waals surface area contributed by atoms with Crippen LogP contribution < -0.4 is 0 Å². The maximum atomic E-state index is 6.30. The van der Waals surface area contributed by atoms with E-state index in [1.54, 1.807) is 7.11 Å². The molecule has 0 unspecified atom stereocenters. The molecule has 0 spiro atoms. The van der Waals surface area contributed by atoms with Crippen molar-refractivity contribution in [1.82, 2.24) is 0 Å². The van der Waals surface area contributed by atoms with Gasteiger partial charge in [-0.05, 0) is 29.6 Å². The first kappa shape index (κ1) is 15.6. The number of hydrogen-bond acceptors (Lipinski definition) is 2. The highest BCUT2D eigenvalue weighted by atomic mass is 28.4. The van der Waals surface area contributed by atoms with E-state index in [1.165, 1.54) is 0 Å². The van der Waals surface area contributed by atoms with Crippen LogP contribution in [0.25, 0.3) is 0 Å². The molecule has 0 atom stereocenters. The summed E-state index contributed by atoms with van der Waals surface area (Å²) in [6.07, 6.45) is 1.91. The average Bonchev–Trinajstić information content (AvgIpc) is 2.18. The molecule has 0 saturated heterocycles. The van der Waals surface area contributed by atoms with Gasteiger partial charge in [-0.3, -0.25) is 0 Å². The van der Waals surface area contributed by atoms with Crippen molar-refractivity contribution in [3.05, 3.63) is 12.0 Å². The van der Waals surface area contributed by atoms with Gasteiger partial charge in [0, 0.05) is 0 Å². The van der Waals surface area contributed by atoms with Crippen LogP contribution in [0.3, 0.4) is 0 Å². The number of ether oxygens (including phenoxy) is 1. The Morgan fingerprint density at radius 3 is 1.50 bits per heavy atom. The van der Waals surface area contributed by atoms with Gasteiger partial charge in [-0.2, -0.15) is 0 Å². The summed E-state index contributed by atoms with van der Waals surface area (Å²) < 4.78 is 11.6. The maximum Gasteiger partial charge on any atom is 0.262 e. The van der Waals surface area contributed by atoms with E-state index in [4.69, 9.17) is 9.16 Å². The highest BCUT2D eigenvalue weighted by molar-refractivity contribution is 6.77. The summed E-state index contributed by atoms with van der Waals surface area (Å²) in [5.41, 5.74) is 1.74. The molecule has 0 fully saturated rings. The van der Waals surface area contributed by atoms with Crippen LogP contribution >= 0.6 is 0 Å². The van der Waals surface area contributed by atoms with E-state index in [-0.39, 0.29) is 0 Å².